The van der Waals surface area contributed by atoms with Gasteiger partial charge >= 0.3 is 0 Å². The number of para-hydroxylation sites is 2. The average molecular weight is 251 g/mol. The number of aryl methyl sites for hydroxylation is 1. The molecule has 0 unspecified atom stereocenters. The van der Waals surface area contributed by atoms with Crippen molar-refractivity contribution in [3.8, 4) is 6.07 Å². The van der Waals surface area contributed by atoms with Crippen molar-refractivity contribution in [2.75, 3.05) is 0 Å². The van der Waals surface area contributed by atoms with E-state index in [-0.39, 0.29) is 0 Å². The van der Waals surface area contributed by atoms with E-state index < -0.39 is 0 Å². The predicted octanol–water partition coefficient (Wildman–Crippen LogP) is 1.88. The largest absolute Gasteiger partial charge is 0.322 e. The van der Waals surface area contributed by atoms with Crippen LogP contribution in [0.1, 0.15) is 11.4 Å². The summed E-state index contributed by atoms with van der Waals surface area (Å²) in [5, 5.41) is 13.1. The maximum atomic E-state index is 8.92. The topological polar surface area (TPSA) is 59.4 Å². The molecule has 0 N–H and O–H groups in total. The standard InChI is InChI=1S/C14H13N5/c1-18-9-11(8-16-18)10-19-13-5-3-2-4-12(13)17-14(19)6-7-15/h2-5,8-9H,6,10H2,1H3. The molecule has 3 rings (SSSR count). The van der Waals surface area contributed by atoms with Crippen LogP contribution in [-0.4, -0.2) is 19.3 Å². The Kier molecular flexibility index (Phi) is 2.76. The highest BCUT2D eigenvalue weighted by Gasteiger charge is 2.10. The van der Waals surface area contributed by atoms with Gasteiger partial charge in [-0.1, -0.05) is 12.1 Å². The smallest absolute Gasteiger partial charge is 0.124 e. The van der Waals surface area contributed by atoms with E-state index in [1.54, 1.807) is 4.68 Å². The maximum Gasteiger partial charge on any atom is 0.124 e. The number of hydrogen-bond donors (Lipinski definition) is 0. The first-order valence-corrected chi connectivity index (χ1v) is 6.06. The molecule has 0 saturated carbocycles. The van der Waals surface area contributed by atoms with Crippen LogP contribution in [0.3, 0.4) is 0 Å². The molecule has 2 heterocycles. The van der Waals surface area contributed by atoms with Crippen LogP contribution < -0.4 is 0 Å². The van der Waals surface area contributed by atoms with Crippen molar-refractivity contribution in [2.45, 2.75) is 13.0 Å². The zero-order valence-electron chi connectivity index (χ0n) is 10.6. The molecule has 0 bridgehead atoms. The highest BCUT2D eigenvalue weighted by atomic mass is 15.2. The highest BCUT2D eigenvalue weighted by molar-refractivity contribution is 5.76. The molecule has 2 aromatic heterocycles. The van der Waals surface area contributed by atoms with Crippen LogP contribution >= 0.6 is 0 Å². The van der Waals surface area contributed by atoms with E-state index in [1.807, 2.05) is 43.7 Å². The SMILES string of the molecule is Cn1cc(Cn2c(CC#N)nc3ccccc32)cn1. The number of imidazole rings is 1. The Labute approximate surface area is 110 Å². The number of aromatic nitrogens is 4. The van der Waals surface area contributed by atoms with Crippen molar-refractivity contribution < 1.29 is 0 Å². The Bertz CT molecular complexity index is 760. The van der Waals surface area contributed by atoms with Crippen LogP contribution in [0.4, 0.5) is 0 Å². The van der Waals surface area contributed by atoms with Crippen molar-refractivity contribution in [1.82, 2.24) is 19.3 Å². The van der Waals surface area contributed by atoms with Gasteiger partial charge in [0.25, 0.3) is 0 Å². The minimum atomic E-state index is 0.314. The summed E-state index contributed by atoms with van der Waals surface area (Å²) >= 11 is 0. The van der Waals surface area contributed by atoms with Crippen molar-refractivity contribution >= 4 is 11.0 Å². The molecule has 0 radical (unpaired) electrons. The molecule has 1 aromatic carbocycles. The van der Waals surface area contributed by atoms with E-state index in [0.29, 0.717) is 13.0 Å². The lowest BCUT2D eigenvalue weighted by Crippen LogP contribution is -2.04. The lowest BCUT2D eigenvalue weighted by Gasteiger charge is -2.05. The van der Waals surface area contributed by atoms with Gasteiger partial charge in [0, 0.05) is 18.8 Å². The third kappa shape index (κ3) is 2.08. The monoisotopic (exact) mass is 251 g/mol. The van der Waals surface area contributed by atoms with Crippen molar-refractivity contribution in [1.29, 1.82) is 5.26 Å². The lowest BCUT2D eigenvalue weighted by molar-refractivity contribution is 0.755. The van der Waals surface area contributed by atoms with Crippen molar-refractivity contribution in [2.24, 2.45) is 7.05 Å². The fourth-order valence-corrected chi connectivity index (χ4v) is 2.24. The van der Waals surface area contributed by atoms with E-state index in [2.05, 4.69) is 20.7 Å². The van der Waals surface area contributed by atoms with Gasteiger partial charge in [0.1, 0.15) is 5.82 Å². The van der Waals surface area contributed by atoms with Gasteiger partial charge in [0.15, 0.2) is 0 Å². The third-order valence-corrected chi connectivity index (χ3v) is 3.07. The number of fused-ring (bicyclic) bond motifs is 1. The number of hydrogen-bond acceptors (Lipinski definition) is 3. The summed E-state index contributed by atoms with van der Waals surface area (Å²) in [5.41, 5.74) is 3.08. The normalized spacial score (nSPS) is 10.7. The first-order chi connectivity index (χ1) is 9.28. The second-order valence-electron chi connectivity index (χ2n) is 4.46. The van der Waals surface area contributed by atoms with Crippen LogP contribution in [0, 0.1) is 11.3 Å². The molecule has 3 aromatic rings. The Morgan fingerprint density at radius 2 is 2.16 bits per heavy atom. The first kappa shape index (κ1) is 11.5. The second-order valence-corrected chi connectivity index (χ2v) is 4.46. The molecule has 0 spiro atoms. The Morgan fingerprint density at radius 3 is 2.89 bits per heavy atom. The van der Waals surface area contributed by atoms with Gasteiger partial charge in [-0.05, 0) is 12.1 Å². The molecule has 0 aliphatic carbocycles. The zero-order chi connectivity index (χ0) is 13.2. The van der Waals surface area contributed by atoms with E-state index in [9.17, 15) is 0 Å². The van der Waals surface area contributed by atoms with Crippen LogP contribution in [0.25, 0.3) is 11.0 Å². The van der Waals surface area contributed by atoms with Crippen molar-refractivity contribution in [3.63, 3.8) is 0 Å². The van der Waals surface area contributed by atoms with Gasteiger partial charge in [0.05, 0.1) is 36.3 Å². The van der Waals surface area contributed by atoms with Gasteiger partial charge in [-0.15, -0.1) is 0 Å². The molecular weight excluding hydrogens is 238 g/mol. The molecule has 0 atom stereocenters. The van der Waals surface area contributed by atoms with Gasteiger partial charge < -0.3 is 4.57 Å². The van der Waals surface area contributed by atoms with E-state index in [4.69, 9.17) is 5.26 Å². The highest BCUT2D eigenvalue weighted by Crippen LogP contribution is 2.18. The molecule has 0 saturated heterocycles. The molecule has 0 amide bonds. The molecule has 94 valence electrons. The second kappa shape index (κ2) is 4.58. The summed E-state index contributed by atoms with van der Waals surface area (Å²) in [6, 6.07) is 10.1. The summed E-state index contributed by atoms with van der Waals surface area (Å²) in [6.07, 6.45) is 4.13. The van der Waals surface area contributed by atoms with Crippen molar-refractivity contribution in [3.05, 3.63) is 48.0 Å². The Morgan fingerprint density at radius 1 is 1.32 bits per heavy atom. The van der Waals surface area contributed by atoms with Crippen LogP contribution in [0.15, 0.2) is 36.7 Å². The summed E-state index contributed by atoms with van der Waals surface area (Å²) in [7, 11) is 1.89. The fourth-order valence-electron chi connectivity index (χ4n) is 2.24. The molecule has 5 nitrogen and oxygen atoms in total. The Hall–Kier alpha value is -2.61. The summed E-state index contributed by atoms with van der Waals surface area (Å²) in [4.78, 5) is 4.52. The van der Waals surface area contributed by atoms with E-state index >= 15 is 0 Å². The Balaban J connectivity index is 2.09. The maximum absolute atomic E-state index is 8.92. The fraction of sp³-hybridized carbons (Fsp3) is 0.214. The molecule has 19 heavy (non-hydrogen) atoms. The summed E-state index contributed by atoms with van der Waals surface area (Å²) < 4.78 is 3.86. The first-order valence-electron chi connectivity index (χ1n) is 6.06. The molecule has 0 aliphatic rings. The number of benzene rings is 1. The molecule has 0 fully saturated rings. The zero-order valence-corrected chi connectivity index (χ0v) is 10.6. The average Bonchev–Trinajstić information content (AvgIpc) is 2.96. The molecular formula is C14H13N5. The minimum absolute atomic E-state index is 0.314. The third-order valence-electron chi connectivity index (χ3n) is 3.07. The number of nitrogens with zero attached hydrogens (tertiary/aromatic N) is 5. The number of nitriles is 1. The predicted molar refractivity (Wildman–Crippen MR) is 71.4 cm³/mol. The lowest BCUT2D eigenvalue weighted by atomic mass is 10.3. The van der Waals surface area contributed by atoms with Gasteiger partial charge in [-0.2, -0.15) is 10.4 Å². The minimum Gasteiger partial charge on any atom is -0.322 e. The van der Waals surface area contributed by atoms with Crippen LogP contribution in [-0.2, 0) is 20.0 Å². The van der Waals surface area contributed by atoms with E-state index in [0.717, 1.165) is 22.4 Å². The van der Waals surface area contributed by atoms with Gasteiger partial charge in [0.2, 0.25) is 0 Å². The van der Waals surface area contributed by atoms with Gasteiger partial charge in [-0.3, -0.25) is 4.68 Å². The van der Waals surface area contributed by atoms with E-state index in [1.165, 1.54) is 0 Å². The molecule has 5 heteroatoms. The quantitative estimate of drug-likeness (QED) is 0.714. The molecule has 0 aliphatic heterocycles. The van der Waals surface area contributed by atoms with Gasteiger partial charge in [-0.25, -0.2) is 4.98 Å². The number of rotatable bonds is 3. The van der Waals surface area contributed by atoms with Crippen LogP contribution in [0.5, 0.6) is 0 Å². The summed E-state index contributed by atoms with van der Waals surface area (Å²) in [5.74, 6) is 0.799. The van der Waals surface area contributed by atoms with Crippen LogP contribution in [0.2, 0.25) is 0 Å². The summed E-state index contributed by atoms with van der Waals surface area (Å²) in [6.45, 7) is 0.686.